The largest absolute Gasteiger partial charge is 0.325 e. The third-order valence-corrected chi connectivity index (χ3v) is 6.40. The van der Waals surface area contributed by atoms with Crippen LogP contribution in [-0.2, 0) is 11.3 Å². The molecule has 0 aliphatic heterocycles. The smallest absolute Gasteiger partial charge is 0.262 e. The zero-order valence-electron chi connectivity index (χ0n) is 16.9. The van der Waals surface area contributed by atoms with Gasteiger partial charge in [-0.1, -0.05) is 60.3 Å². The van der Waals surface area contributed by atoms with Crippen molar-refractivity contribution < 1.29 is 4.79 Å². The number of nitrogens with one attached hydrogen (secondary N) is 1. The van der Waals surface area contributed by atoms with Crippen LogP contribution in [-0.4, -0.2) is 27.5 Å². The summed E-state index contributed by atoms with van der Waals surface area (Å²) in [4.78, 5) is 31.5. The van der Waals surface area contributed by atoms with Gasteiger partial charge in [-0.2, -0.15) is 0 Å². The Morgan fingerprint density at radius 2 is 1.77 bits per heavy atom. The Kier molecular flexibility index (Phi) is 6.74. The predicted molar refractivity (Wildman–Crippen MR) is 129 cm³/mol. The monoisotopic (exact) mass is 447 g/mol. The number of aromatic nitrogens is 2. The first-order chi connectivity index (χ1) is 15.1. The van der Waals surface area contributed by atoms with Crippen LogP contribution in [0.3, 0.4) is 0 Å². The summed E-state index contributed by atoms with van der Waals surface area (Å²) in [6.45, 7) is 0.400. The van der Waals surface area contributed by atoms with E-state index in [1.807, 2.05) is 79.1 Å². The molecule has 5 nitrogen and oxygen atoms in total. The van der Waals surface area contributed by atoms with Crippen LogP contribution in [0.1, 0.15) is 5.56 Å². The highest BCUT2D eigenvalue weighted by atomic mass is 32.2. The SMILES string of the molecule is CSc1cccc(NC(=O)CSc2nc3ccccc3c(=O)n2Cc2ccccc2)c1. The van der Waals surface area contributed by atoms with E-state index in [-0.39, 0.29) is 17.2 Å². The van der Waals surface area contributed by atoms with Crippen LogP contribution in [0.5, 0.6) is 0 Å². The fourth-order valence-electron chi connectivity index (χ4n) is 3.19. The van der Waals surface area contributed by atoms with E-state index in [1.54, 1.807) is 22.4 Å². The molecule has 0 radical (unpaired) electrons. The van der Waals surface area contributed by atoms with Crippen LogP contribution < -0.4 is 10.9 Å². The minimum atomic E-state index is -0.142. The number of benzene rings is 3. The molecule has 1 heterocycles. The number of carbonyl (C=O) groups is 1. The van der Waals surface area contributed by atoms with E-state index in [9.17, 15) is 9.59 Å². The molecule has 0 unspecified atom stereocenters. The molecule has 0 saturated carbocycles. The molecule has 4 aromatic rings. The van der Waals surface area contributed by atoms with Crippen molar-refractivity contribution in [3.8, 4) is 0 Å². The number of para-hydroxylation sites is 1. The second kappa shape index (κ2) is 9.85. The zero-order chi connectivity index (χ0) is 21.6. The van der Waals surface area contributed by atoms with E-state index in [0.29, 0.717) is 22.6 Å². The highest BCUT2D eigenvalue weighted by Gasteiger charge is 2.14. The van der Waals surface area contributed by atoms with Gasteiger partial charge in [0.05, 0.1) is 23.2 Å². The lowest BCUT2D eigenvalue weighted by Gasteiger charge is -2.13. The molecule has 1 amide bonds. The first-order valence-electron chi connectivity index (χ1n) is 9.74. The summed E-state index contributed by atoms with van der Waals surface area (Å²) in [5.74, 6) is 0.0141. The topological polar surface area (TPSA) is 64.0 Å². The molecule has 4 rings (SSSR count). The quantitative estimate of drug-likeness (QED) is 0.323. The normalized spacial score (nSPS) is 10.9. The zero-order valence-corrected chi connectivity index (χ0v) is 18.6. The third kappa shape index (κ3) is 5.18. The number of rotatable bonds is 7. The number of amides is 1. The number of fused-ring (bicyclic) bond motifs is 1. The van der Waals surface area contributed by atoms with Crippen molar-refractivity contribution in [1.29, 1.82) is 0 Å². The van der Waals surface area contributed by atoms with Crippen molar-refractivity contribution in [3.63, 3.8) is 0 Å². The van der Waals surface area contributed by atoms with Gasteiger partial charge in [-0.05, 0) is 42.2 Å². The first-order valence-corrected chi connectivity index (χ1v) is 12.0. The molecule has 0 bridgehead atoms. The number of anilines is 1. The summed E-state index contributed by atoms with van der Waals surface area (Å²) in [6.07, 6.45) is 1.99. The van der Waals surface area contributed by atoms with Gasteiger partial charge in [0.15, 0.2) is 5.16 Å². The standard InChI is InChI=1S/C24H21N3O2S2/c1-30-19-11-7-10-18(14-19)25-22(28)16-31-24-26-21-13-6-5-12-20(21)23(29)27(24)15-17-8-3-2-4-9-17/h2-14H,15-16H2,1H3,(H,25,28). The van der Waals surface area contributed by atoms with Crippen molar-refractivity contribution in [1.82, 2.24) is 9.55 Å². The maximum atomic E-state index is 13.2. The van der Waals surface area contributed by atoms with Crippen molar-refractivity contribution >= 4 is 46.0 Å². The fourth-order valence-corrected chi connectivity index (χ4v) is 4.45. The Bertz CT molecular complexity index is 1270. The van der Waals surface area contributed by atoms with Crippen molar-refractivity contribution in [2.24, 2.45) is 0 Å². The maximum absolute atomic E-state index is 13.2. The van der Waals surface area contributed by atoms with E-state index in [1.165, 1.54) is 11.8 Å². The summed E-state index contributed by atoms with van der Waals surface area (Å²) < 4.78 is 1.64. The van der Waals surface area contributed by atoms with Gasteiger partial charge in [0.2, 0.25) is 5.91 Å². The van der Waals surface area contributed by atoms with Crippen molar-refractivity contribution in [2.45, 2.75) is 16.6 Å². The lowest BCUT2D eigenvalue weighted by atomic mass is 10.2. The Morgan fingerprint density at radius 3 is 2.58 bits per heavy atom. The van der Waals surface area contributed by atoms with E-state index in [2.05, 4.69) is 10.3 Å². The van der Waals surface area contributed by atoms with Crippen molar-refractivity contribution in [2.75, 3.05) is 17.3 Å². The van der Waals surface area contributed by atoms with Gasteiger partial charge in [0, 0.05) is 10.6 Å². The average molecular weight is 448 g/mol. The molecule has 0 atom stereocenters. The molecule has 31 heavy (non-hydrogen) atoms. The molecule has 0 aliphatic rings. The summed E-state index contributed by atoms with van der Waals surface area (Å²) in [5, 5.41) is 4.02. The van der Waals surface area contributed by atoms with E-state index < -0.39 is 0 Å². The van der Waals surface area contributed by atoms with Gasteiger partial charge in [-0.25, -0.2) is 4.98 Å². The highest BCUT2D eigenvalue weighted by molar-refractivity contribution is 7.99. The minimum absolute atomic E-state index is 0.106. The predicted octanol–water partition coefficient (Wildman–Crippen LogP) is 4.90. The molecule has 0 saturated heterocycles. The Balaban J connectivity index is 1.59. The van der Waals surface area contributed by atoms with Gasteiger partial charge in [0.25, 0.3) is 5.56 Å². The fraction of sp³-hybridized carbons (Fsp3) is 0.125. The van der Waals surface area contributed by atoms with E-state index in [4.69, 9.17) is 0 Å². The number of hydrogen-bond acceptors (Lipinski definition) is 5. The highest BCUT2D eigenvalue weighted by Crippen LogP contribution is 2.21. The van der Waals surface area contributed by atoms with Gasteiger partial charge < -0.3 is 5.32 Å². The van der Waals surface area contributed by atoms with Crippen LogP contribution in [0.25, 0.3) is 10.9 Å². The molecular weight excluding hydrogens is 426 g/mol. The van der Waals surface area contributed by atoms with E-state index >= 15 is 0 Å². The number of thioether (sulfide) groups is 2. The molecule has 0 fully saturated rings. The molecule has 1 aromatic heterocycles. The number of nitrogens with zero attached hydrogens (tertiary/aromatic N) is 2. The summed E-state index contributed by atoms with van der Waals surface area (Å²) in [6, 6.07) is 24.8. The number of carbonyl (C=O) groups excluding carboxylic acids is 1. The van der Waals surface area contributed by atoms with Crippen LogP contribution in [0, 0.1) is 0 Å². The molecule has 7 heteroatoms. The minimum Gasteiger partial charge on any atom is -0.325 e. The van der Waals surface area contributed by atoms with Gasteiger partial charge >= 0.3 is 0 Å². The summed E-state index contributed by atoms with van der Waals surface area (Å²) in [5.41, 5.74) is 2.28. The van der Waals surface area contributed by atoms with E-state index in [0.717, 1.165) is 16.1 Å². The lowest BCUT2D eigenvalue weighted by molar-refractivity contribution is -0.113. The molecule has 0 spiro atoms. The Labute approximate surface area is 188 Å². The Morgan fingerprint density at radius 1 is 1.00 bits per heavy atom. The third-order valence-electron chi connectivity index (χ3n) is 4.70. The Hall–Kier alpha value is -3.03. The van der Waals surface area contributed by atoms with Crippen LogP contribution in [0.4, 0.5) is 5.69 Å². The lowest BCUT2D eigenvalue weighted by Crippen LogP contribution is -2.24. The molecule has 3 aromatic carbocycles. The molecule has 1 N–H and O–H groups in total. The van der Waals surface area contributed by atoms with Gasteiger partial charge in [0.1, 0.15) is 0 Å². The molecule has 156 valence electrons. The van der Waals surface area contributed by atoms with Crippen molar-refractivity contribution in [3.05, 3.63) is 94.8 Å². The molecular formula is C24H21N3O2S2. The summed E-state index contributed by atoms with van der Waals surface area (Å²) >= 11 is 2.89. The second-order valence-electron chi connectivity index (χ2n) is 6.86. The van der Waals surface area contributed by atoms with Crippen LogP contribution in [0.15, 0.2) is 93.7 Å². The first kappa shape index (κ1) is 21.2. The molecule has 0 aliphatic carbocycles. The van der Waals surface area contributed by atoms with Crippen LogP contribution >= 0.6 is 23.5 Å². The maximum Gasteiger partial charge on any atom is 0.262 e. The van der Waals surface area contributed by atoms with Gasteiger partial charge in [-0.15, -0.1) is 11.8 Å². The summed E-state index contributed by atoms with van der Waals surface area (Å²) in [7, 11) is 0. The average Bonchev–Trinajstić information content (AvgIpc) is 2.80. The van der Waals surface area contributed by atoms with Gasteiger partial charge in [-0.3, -0.25) is 14.2 Å². The number of hydrogen-bond donors (Lipinski definition) is 1. The second-order valence-corrected chi connectivity index (χ2v) is 8.68. The van der Waals surface area contributed by atoms with Crippen LogP contribution in [0.2, 0.25) is 0 Å².